The third kappa shape index (κ3) is 5.80. The van der Waals surface area contributed by atoms with Crippen LogP contribution in [0.4, 0.5) is 0 Å². The van der Waals surface area contributed by atoms with Gasteiger partial charge < -0.3 is 0 Å². The van der Waals surface area contributed by atoms with Crippen LogP contribution >= 0.6 is 0 Å². The number of hydrogen-bond acceptors (Lipinski definition) is 1. The van der Waals surface area contributed by atoms with Crippen molar-refractivity contribution in [1.82, 2.24) is 5.32 Å². The van der Waals surface area contributed by atoms with E-state index in [9.17, 15) is 5.11 Å². The first kappa shape index (κ1) is 8.92. The summed E-state index contributed by atoms with van der Waals surface area (Å²) in [6, 6.07) is 0.405. The summed E-state index contributed by atoms with van der Waals surface area (Å²) < 4.78 is 0. The van der Waals surface area contributed by atoms with Gasteiger partial charge in [0.1, 0.15) is 6.73 Å². The normalized spacial score (nSPS) is 13.7. The first-order valence-corrected chi connectivity index (χ1v) is 3.62. The molecule has 0 aliphatic heterocycles. The quantitative estimate of drug-likeness (QED) is 0.562. The van der Waals surface area contributed by atoms with Crippen LogP contribution < -0.4 is 5.32 Å². The maximum atomic E-state index is 9.99. The van der Waals surface area contributed by atoms with Crippen molar-refractivity contribution in [3.05, 3.63) is 0 Å². The molecule has 2 heteroatoms. The molecule has 0 rings (SSSR count). The molecule has 0 amide bonds. The lowest BCUT2D eigenvalue weighted by Crippen LogP contribution is -2.25. The minimum Gasteiger partial charge on any atom is -0.290 e. The van der Waals surface area contributed by atoms with Gasteiger partial charge in [-0.1, -0.05) is 19.8 Å². The van der Waals surface area contributed by atoms with Crippen LogP contribution in [0.5, 0.6) is 0 Å². The van der Waals surface area contributed by atoms with E-state index in [4.69, 9.17) is 0 Å². The summed E-state index contributed by atoms with van der Waals surface area (Å²) >= 11 is 0. The van der Waals surface area contributed by atoms with Gasteiger partial charge in [-0.15, -0.1) is 0 Å². The molecule has 55 valence electrons. The average molecular weight is 130 g/mol. The Morgan fingerprint density at radius 2 is 2.22 bits per heavy atom. The Balaban J connectivity index is 2.95. The van der Waals surface area contributed by atoms with Gasteiger partial charge >= 0.3 is 0 Å². The molecule has 0 bridgehead atoms. The molecule has 1 atom stereocenters. The van der Waals surface area contributed by atoms with Gasteiger partial charge in [-0.25, -0.2) is 5.11 Å². The van der Waals surface area contributed by atoms with E-state index in [1.54, 1.807) is 0 Å². The minimum absolute atomic E-state index is 0.148. The van der Waals surface area contributed by atoms with Crippen LogP contribution in [0.25, 0.3) is 0 Å². The summed E-state index contributed by atoms with van der Waals surface area (Å²) in [5.41, 5.74) is 0. The lowest BCUT2D eigenvalue weighted by molar-refractivity contribution is 0.155. The highest BCUT2D eigenvalue weighted by Crippen LogP contribution is 1.97. The zero-order chi connectivity index (χ0) is 7.11. The number of hydrogen-bond donors (Lipinski definition) is 1. The molecule has 2 nitrogen and oxygen atoms in total. The molecule has 0 saturated carbocycles. The molecule has 0 heterocycles. The first-order valence-electron chi connectivity index (χ1n) is 3.62. The van der Waals surface area contributed by atoms with E-state index in [0.29, 0.717) is 6.04 Å². The SMILES string of the molecule is CCCCC(C)NC[O]. The number of rotatable bonds is 5. The van der Waals surface area contributed by atoms with E-state index in [-0.39, 0.29) is 6.73 Å². The second-order valence-electron chi connectivity index (χ2n) is 2.39. The smallest absolute Gasteiger partial charge is 0.133 e. The van der Waals surface area contributed by atoms with Crippen molar-refractivity contribution in [2.24, 2.45) is 0 Å². The molecular formula is C7H16NO. The third-order valence-corrected chi connectivity index (χ3v) is 1.42. The molecule has 1 unspecified atom stereocenters. The Labute approximate surface area is 57.3 Å². The monoisotopic (exact) mass is 130 g/mol. The zero-order valence-electron chi connectivity index (χ0n) is 6.31. The molecule has 0 spiro atoms. The summed E-state index contributed by atoms with van der Waals surface area (Å²) in [4.78, 5) is 0. The van der Waals surface area contributed by atoms with Crippen LogP contribution in [-0.4, -0.2) is 12.8 Å². The zero-order valence-corrected chi connectivity index (χ0v) is 6.31. The van der Waals surface area contributed by atoms with Crippen LogP contribution in [0.3, 0.4) is 0 Å². The highest BCUT2D eigenvalue weighted by Gasteiger charge is 1.96. The fourth-order valence-corrected chi connectivity index (χ4v) is 0.755. The van der Waals surface area contributed by atoms with E-state index in [1.165, 1.54) is 12.8 Å². The summed E-state index contributed by atoms with van der Waals surface area (Å²) in [6.07, 6.45) is 3.55. The van der Waals surface area contributed by atoms with Gasteiger partial charge in [-0.3, -0.25) is 5.32 Å². The maximum Gasteiger partial charge on any atom is 0.133 e. The predicted octanol–water partition coefficient (Wildman–Crippen LogP) is 1.54. The van der Waals surface area contributed by atoms with Crippen molar-refractivity contribution in [3.63, 3.8) is 0 Å². The van der Waals surface area contributed by atoms with Gasteiger partial charge in [-0.2, -0.15) is 0 Å². The molecule has 0 aromatic carbocycles. The predicted molar refractivity (Wildman–Crippen MR) is 37.7 cm³/mol. The van der Waals surface area contributed by atoms with E-state index >= 15 is 0 Å². The third-order valence-electron chi connectivity index (χ3n) is 1.42. The van der Waals surface area contributed by atoms with E-state index in [0.717, 1.165) is 6.42 Å². The number of nitrogens with one attached hydrogen (secondary N) is 1. The molecule has 0 aromatic rings. The van der Waals surface area contributed by atoms with Crippen molar-refractivity contribution < 1.29 is 5.11 Å². The fraction of sp³-hybridized carbons (Fsp3) is 1.00. The van der Waals surface area contributed by atoms with Crippen molar-refractivity contribution in [1.29, 1.82) is 0 Å². The highest BCUT2D eigenvalue weighted by atomic mass is 16.3. The summed E-state index contributed by atoms with van der Waals surface area (Å²) in [7, 11) is 0. The molecule has 0 fully saturated rings. The summed E-state index contributed by atoms with van der Waals surface area (Å²) in [5, 5.41) is 12.8. The highest BCUT2D eigenvalue weighted by molar-refractivity contribution is 4.55. The van der Waals surface area contributed by atoms with Crippen molar-refractivity contribution >= 4 is 0 Å². The molecular weight excluding hydrogens is 114 g/mol. The van der Waals surface area contributed by atoms with Gasteiger partial charge in [0.25, 0.3) is 0 Å². The molecule has 0 saturated heterocycles. The largest absolute Gasteiger partial charge is 0.290 e. The second-order valence-corrected chi connectivity index (χ2v) is 2.39. The summed E-state index contributed by atoms with van der Waals surface area (Å²) in [5.74, 6) is 0. The minimum atomic E-state index is -0.148. The Bertz CT molecular complexity index is 56.9. The Kier molecular flexibility index (Phi) is 5.99. The van der Waals surface area contributed by atoms with Crippen LogP contribution in [0.1, 0.15) is 33.1 Å². The molecule has 9 heavy (non-hydrogen) atoms. The van der Waals surface area contributed by atoms with Gasteiger partial charge in [0.05, 0.1) is 0 Å². The van der Waals surface area contributed by atoms with Crippen LogP contribution in [0.15, 0.2) is 0 Å². The van der Waals surface area contributed by atoms with E-state index < -0.39 is 0 Å². The molecule has 0 aliphatic carbocycles. The Hall–Kier alpha value is -0.0800. The van der Waals surface area contributed by atoms with Crippen LogP contribution in [0.2, 0.25) is 0 Å². The average Bonchev–Trinajstić information content (AvgIpc) is 1.85. The standard InChI is InChI=1S/C7H16NO/c1-3-4-5-7(2)8-6-9/h7-8H,3-6H2,1-2H3. The van der Waals surface area contributed by atoms with Crippen molar-refractivity contribution in [2.45, 2.75) is 39.2 Å². The van der Waals surface area contributed by atoms with Gasteiger partial charge in [0.15, 0.2) is 0 Å². The molecule has 1 N–H and O–H groups in total. The van der Waals surface area contributed by atoms with Gasteiger partial charge in [0, 0.05) is 6.04 Å². The lowest BCUT2D eigenvalue weighted by atomic mass is 10.1. The molecule has 0 aliphatic rings. The van der Waals surface area contributed by atoms with Crippen LogP contribution in [-0.2, 0) is 5.11 Å². The van der Waals surface area contributed by atoms with E-state index in [2.05, 4.69) is 12.2 Å². The van der Waals surface area contributed by atoms with Gasteiger partial charge in [-0.05, 0) is 13.3 Å². The fourth-order valence-electron chi connectivity index (χ4n) is 0.755. The maximum absolute atomic E-state index is 9.99. The lowest BCUT2D eigenvalue weighted by Gasteiger charge is -2.08. The molecule has 1 radical (unpaired) electrons. The Morgan fingerprint density at radius 3 is 2.67 bits per heavy atom. The van der Waals surface area contributed by atoms with Gasteiger partial charge in [0.2, 0.25) is 0 Å². The Morgan fingerprint density at radius 1 is 1.56 bits per heavy atom. The van der Waals surface area contributed by atoms with Crippen molar-refractivity contribution in [3.8, 4) is 0 Å². The summed E-state index contributed by atoms with van der Waals surface area (Å²) in [6.45, 7) is 4.06. The van der Waals surface area contributed by atoms with E-state index in [1.807, 2.05) is 6.92 Å². The second kappa shape index (κ2) is 6.05. The topological polar surface area (TPSA) is 31.9 Å². The van der Waals surface area contributed by atoms with Crippen LogP contribution in [0, 0.1) is 0 Å². The molecule has 0 aromatic heterocycles. The number of unbranched alkanes of at least 4 members (excludes halogenated alkanes) is 1. The van der Waals surface area contributed by atoms with Crippen molar-refractivity contribution in [2.75, 3.05) is 6.73 Å². The first-order chi connectivity index (χ1) is 4.31.